The molecule has 0 saturated heterocycles. The highest BCUT2D eigenvalue weighted by molar-refractivity contribution is 8.13. The van der Waals surface area contributed by atoms with Crippen LogP contribution in [0.5, 0.6) is 0 Å². The predicted molar refractivity (Wildman–Crippen MR) is 135 cm³/mol. The van der Waals surface area contributed by atoms with E-state index < -0.39 is 0 Å². The number of nitriles is 3. The van der Waals surface area contributed by atoms with E-state index in [2.05, 4.69) is 46.0 Å². The second-order valence-corrected chi connectivity index (χ2v) is 5.35. The van der Waals surface area contributed by atoms with Gasteiger partial charge in [0.25, 0.3) is 6.02 Å². The van der Waals surface area contributed by atoms with Crippen LogP contribution in [0.4, 0.5) is 0 Å². The van der Waals surface area contributed by atoms with Gasteiger partial charge in [0.15, 0.2) is 23.7 Å². The molecule has 33 heavy (non-hydrogen) atoms. The zero-order chi connectivity index (χ0) is 25.8. The summed E-state index contributed by atoms with van der Waals surface area (Å²) in [5.41, 5.74) is 1.93. The summed E-state index contributed by atoms with van der Waals surface area (Å²) >= 11 is 1.41. The first-order chi connectivity index (χ1) is 15.3. The van der Waals surface area contributed by atoms with Crippen molar-refractivity contribution in [3.8, 4) is 18.6 Å². The maximum absolute atomic E-state index is 8.27. The number of guanidine groups is 2. The third-order valence-corrected chi connectivity index (χ3v) is 3.16. The van der Waals surface area contributed by atoms with Gasteiger partial charge in [-0.2, -0.15) is 15.8 Å². The molecule has 0 aliphatic rings. The van der Waals surface area contributed by atoms with Crippen LogP contribution in [0.1, 0.15) is 7.43 Å². The van der Waals surface area contributed by atoms with E-state index in [0.717, 1.165) is 0 Å². The van der Waals surface area contributed by atoms with E-state index in [4.69, 9.17) is 21.0 Å². The summed E-state index contributed by atoms with van der Waals surface area (Å²) in [4.78, 5) is 16.3. The van der Waals surface area contributed by atoms with Crippen molar-refractivity contribution in [3.63, 3.8) is 0 Å². The number of rotatable bonds is 0. The van der Waals surface area contributed by atoms with Gasteiger partial charge in [-0.3, -0.25) is 30.8 Å². The number of amidine groups is 2. The molecule has 0 aliphatic carbocycles. The van der Waals surface area contributed by atoms with E-state index in [-0.39, 0.29) is 13.4 Å². The zero-order valence-corrected chi connectivity index (χ0v) is 20.7. The van der Waals surface area contributed by atoms with Crippen molar-refractivity contribution >= 4 is 34.9 Å². The Morgan fingerprint density at radius 1 is 0.909 bits per heavy atom. The molecule has 15 nitrogen and oxygen atoms in total. The lowest BCUT2D eigenvalue weighted by molar-refractivity contribution is 0.219. The molecule has 188 valence electrons. The van der Waals surface area contributed by atoms with Crippen molar-refractivity contribution in [1.29, 1.82) is 15.8 Å². The Kier molecular flexibility index (Phi) is 39.2. The molecule has 16 heteroatoms. The Morgan fingerprint density at radius 3 is 1.52 bits per heavy atom. The lowest BCUT2D eigenvalue weighted by atomic mass is 10.8. The van der Waals surface area contributed by atoms with E-state index in [1.54, 1.807) is 65.8 Å². The van der Waals surface area contributed by atoms with Crippen LogP contribution in [0.15, 0.2) is 20.0 Å². The maximum atomic E-state index is 8.27. The van der Waals surface area contributed by atoms with E-state index in [1.165, 1.54) is 25.9 Å². The number of nitrogens with zero attached hydrogens (tertiary/aromatic N) is 8. The lowest BCUT2D eigenvalue weighted by Crippen LogP contribution is -2.33. The second kappa shape index (κ2) is 32.7. The smallest absolute Gasteiger partial charge is 0.297 e. The molecule has 0 rings (SSSR count). The van der Waals surface area contributed by atoms with Gasteiger partial charge >= 0.3 is 0 Å². The van der Waals surface area contributed by atoms with Crippen molar-refractivity contribution in [2.45, 2.75) is 7.43 Å². The summed E-state index contributed by atoms with van der Waals surface area (Å²) < 4.78 is 4.56. The normalized spacial score (nSPS) is 10.0. The van der Waals surface area contributed by atoms with Crippen LogP contribution in [0, 0.1) is 34.4 Å². The van der Waals surface area contributed by atoms with Crippen LogP contribution in [-0.2, 0) is 4.74 Å². The molecule has 0 saturated carbocycles. The molecule has 0 heterocycles. The largest absolute Gasteiger partial charge is 0.468 e. The van der Waals surface area contributed by atoms with Gasteiger partial charge in [-0.05, 0) is 6.26 Å². The molecule has 0 radical (unpaired) electrons. The van der Waals surface area contributed by atoms with Gasteiger partial charge in [0.1, 0.15) is 0 Å². The van der Waals surface area contributed by atoms with Crippen molar-refractivity contribution in [1.82, 2.24) is 31.6 Å². The van der Waals surface area contributed by atoms with Crippen LogP contribution < -0.4 is 26.7 Å². The van der Waals surface area contributed by atoms with Crippen LogP contribution in [0.3, 0.4) is 0 Å². The highest BCUT2D eigenvalue weighted by Crippen LogP contribution is 1.90. The Hall–Kier alpha value is -3.94. The van der Waals surface area contributed by atoms with Gasteiger partial charge in [0.05, 0.1) is 7.11 Å². The SMILES string of the molecule is C.CN=C(NC#N)OC.CN=C(NC#N)SC.CN=C(NC)NC#N.CN=C(NO)N(C)C. The molecule has 0 aromatic heterocycles. The minimum absolute atomic E-state index is 0. The summed E-state index contributed by atoms with van der Waals surface area (Å²) in [7, 11) is 13.0. The molecule has 0 spiro atoms. The molecule has 0 atom stereocenters. The summed E-state index contributed by atoms with van der Waals surface area (Å²) in [6, 6.07) is 0.229. The van der Waals surface area contributed by atoms with Crippen LogP contribution in [0.25, 0.3) is 0 Å². The number of nitrogens with one attached hydrogen (secondary N) is 5. The first-order valence-corrected chi connectivity index (χ1v) is 9.65. The van der Waals surface area contributed by atoms with Crippen LogP contribution >= 0.6 is 11.8 Å². The number of hydrogen-bond donors (Lipinski definition) is 6. The number of ether oxygens (including phenoxy) is 1. The van der Waals surface area contributed by atoms with E-state index in [0.29, 0.717) is 17.1 Å². The quantitative estimate of drug-likeness (QED) is 0.0839. The van der Waals surface area contributed by atoms with Crippen molar-refractivity contribution < 1.29 is 9.94 Å². The van der Waals surface area contributed by atoms with Crippen LogP contribution in [0.2, 0.25) is 0 Å². The average Bonchev–Trinajstić information content (AvgIpc) is 2.81. The van der Waals surface area contributed by atoms with E-state index in [1.807, 2.05) is 11.7 Å². The Bertz CT molecular complexity index is 625. The molecule has 0 aromatic rings. The molecular weight excluding hydrogens is 450 g/mol. The third-order valence-electron chi connectivity index (χ3n) is 2.49. The Labute approximate surface area is 201 Å². The van der Waals surface area contributed by atoms with Gasteiger partial charge < -0.3 is 15.0 Å². The average molecular weight is 488 g/mol. The third kappa shape index (κ3) is 30.3. The van der Waals surface area contributed by atoms with E-state index in [9.17, 15) is 0 Å². The van der Waals surface area contributed by atoms with Gasteiger partial charge in [-0.25, -0.2) is 15.8 Å². The first kappa shape index (κ1) is 39.5. The topological polar surface area (TPSA) is 214 Å². The monoisotopic (exact) mass is 487 g/mol. The van der Waals surface area contributed by atoms with Gasteiger partial charge in [-0.1, -0.05) is 19.2 Å². The second-order valence-electron chi connectivity index (χ2n) is 4.55. The van der Waals surface area contributed by atoms with Gasteiger partial charge in [-0.15, -0.1) is 0 Å². The van der Waals surface area contributed by atoms with Crippen molar-refractivity contribution in [2.24, 2.45) is 20.0 Å². The fourth-order valence-corrected chi connectivity index (χ4v) is 1.46. The summed E-state index contributed by atoms with van der Waals surface area (Å²) in [5, 5.41) is 42.6. The fraction of sp³-hybridized carbons (Fsp3) is 0.588. The zero-order valence-electron chi connectivity index (χ0n) is 19.8. The Morgan fingerprint density at radius 2 is 1.42 bits per heavy atom. The molecule has 0 aliphatic heterocycles. The number of hydrogen-bond acceptors (Lipinski definition) is 10. The number of hydroxylamine groups is 1. The van der Waals surface area contributed by atoms with Gasteiger partial charge in [0, 0.05) is 49.3 Å². The maximum Gasteiger partial charge on any atom is 0.297 e. The number of thioether (sulfide) groups is 1. The summed E-state index contributed by atoms with van der Waals surface area (Å²) in [6.07, 6.45) is 7.01. The molecule has 0 fully saturated rings. The first-order valence-electron chi connectivity index (χ1n) is 8.42. The molecule has 0 aromatic carbocycles. The predicted octanol–water partition coefficient (Wildman–Crippen LogP) is -0.494. The fourth-order valence-electron chi connectivity index (χ4n) is 1.13. The highest BCUT2D eigenvalue weighted by atomic mass is 32.2. The minimum atomic E-state index is 0. The summed E-state index contributed by atoms with van der Waals surface area (Å²) in [6.45, 7) is 0. The number of methoxy groups -OCH3 is 1. The van der Waals surface area contributed by atoms with E-state index >= 15 is 0 Å². The molecule has 6 N–H and O–H groups in total. The van der Waals surface area contributed by atoms with Crippen molar-refractivity contribution in [2.75, 3.05) is 62.7 Å². The molecule has 0 amide bonds. The van der Waals surface area contributed by atoms with Crippen molar-refractivity contribution in [3.05, 3.63) is 0 Å². The lowest BCUT2D eigenvalue weighted by Gasteiger charge is -2.11. The Balaban J connectivity index is -0.000000105. The molecule has 0 bridgehead atoms. The van der Waals surface area contributed by atoms with Crippen LogP contribution in [-0.4, -0.2) is 95.9 Å². The minimum Gasteiger partial charge on any atom is -0.468 e. The molecular formula is C17H37N13O2S. The standard InChI is InChI=1S/C4H8N4.C4H7N3O.C4H11N3O.C4H7N3S.CH4/c1-6-4(7-2)8-3-5;1-6-4(8-2)7-3-5;1-5-4(6-8)7(2)3;1-6-4(8-2)7-3-5;/h1-2H3,(H2,6,7,8);1-2H3,(H,6,7);8H,1-3H3,(H,5,6);1-2H3,(H,6,7);1H4. The van der Waals surface area contributed by atoms with Gasteiger partial charge in [0.2, 0.25) is 11.9 Å². The summed E-state index contributed by atoms with van der Waals surface area (Å²) in [5.74, 6) is 0.928. The number of aliphatic imine (C=N–C) groups is 4. The highest BCUT2D eigenvalue weighted by Gasteiger charge is 1.93. The molecule has 0 unspecified atom stereocenters.